The third-order valence-electron chi connectivity index (χ3n) is 2.96. The lowest BCUT2D eigenvalue weighted by molar-refractivity contribution is -0.121. The number of carboxylic acid groups (broad SMARTS) is 1. The van der Waals surface area contributed by atoms with Crippen molar-refractivity contribution in [3.63, 3.8) is 0 Å². The highest BCUT2D eigenvalue weighted by Gasteiger charge is 2.24. The second kappa shape index (κ2) is 6.58. The SMILES string of the molecule is CCC(C)(C)NC(=O)C(C)Sc1nc(C)c(C(=O)O)s1. The number of aromatic carboxylic acids is 1. The summed E-state index contributed by atoms with van der Waals surface area (Å²) in [5.41, 5.74) is 0.253. The third-order valence-corrected chi connectivity index (χ3v) is 5.30. The molecule has 1 aromatic rings. The second-order valence-electron chi connectivity index (χ2n) is 5.19. The summed E-state index contributed by atoms with van der Waals surface area (Å²) in [5, 5.41) is 11.6. The molecule has 1 unspecified atom stereocenters. The molecule has 7 heteroatoms. The van der Waals surface area contributed by atoms with Crippen molar-refractivity contribution in [1.82, 2.24) is 10.3 Å². The number of amides is 1. The molecule has 1 atom stereocenters. The molecule has 5 nitrogen and oxygen atoms in total. The molecule has 1 rings (SSSR count). The van der Waals surface area contributed by atoms with Crippen LogP contribution in [-0.2, 0) is 4.79 Å². The lowest BCUT2D eigenvalue weighted by atomic mass is 10.0. The van der Waals surface area contributed by atoms with Gasteiger partial charge in [-0.1, -0.05) is 18.7 Å². The van der Waals surface area contributed by atoms with Gasteiger partial charge in [0.15, 0.2) is 4.34 Å². The highest BCUT2D eigenvalue weighted by atomic mass is 32.2. The first-order valence-electron chi connectivity index (χ1n) is 6.35. The van der Waals surface area contributed by atoms with Crippen LogP contribution in [0.4, 0.5) is 0 Å². The fourth-order valence-electron chi connectivity index (χ4n) is 1.35. The number of nitrogens with one attached hydrogen (secondary N) is 1. The molecule has 2 N–H and O–H groups in total. The normalized spacial score (nSPS) is 13.1. The Morgan fingerprint density at radius 1 is 1.50 bits per heavy atom. The van der Waals surface area contributed by atoms with Gasteiger partial charge in [0.1, 0.15) is 4.88 Å². The van der Waals surface area contributed by atoms with Crippen LogP contribution in [0.2, 0.25) is 0 Å². The van der Waals surface area contributed by atoms with Crippen LogP contribution >= 0.6 is 23.1 Å². The molecule has 1 amide bonds. The van der Waals surface area contributed by atoms with Crippen molar-refractivity contribution in [2.75, 3.05) is 0 Å². The summed E-state index contributed by atoms with van der Waals surface area (Å²) in [6, 6.07) is 0. The predicted molar refractivity (Wildman–Crippen MR) is 81.6 cm³/mol. The number of hydrogen-bond acceptors (Lipinski definition) is 5. The molecule has 0 saturated heterocycles. The Labute approximate surface area is 127 Å². The van der Waals surface area contributed by atoms with Crippen molar-refractivity contribution in [2.45, 2.75) is 56.2 Å². The van der Waals surface area contributed by atoms with Crippen molar-refractivity contribution < 1.29 is 14.7 Å². The molecule has 0 fully saturated rings. The maximum Gasteiger partial charge on any atom is 0.347 e. The van der Waals surface area contributed by atoms with Crippen molar-refractivity contribution in [1.29, 1.82) is 0 Å². The molecule has 20 heavy (non-hydrogen) atoms. The fourth-order valence-corrected chi connectivity index (χ4v) is 3.52. The molecule has 0 aromatic carbocycles. The monoisotopic (exact) mass is 316 g/mol. The Bertz CT molecular complexity index is 512. The van der Waals surface area contributed by atoms with Crippen LogP contribution in [-0.4, -0.2) is 32.8 Å². The topological polar surface area (TPSA) is 79.3 Å². The number of hydrogen-bond donors (Lipinski definition) is 2. The van der Waals surface area contributed by atoms with Gasteiger partial charge in [-0.3, -0.25) is 4.79 Å². The molecule has 0 spiro atoms. The molecule has 0 aliphatic heterocycles. The van der Waals surface area contributed by atoms with Gasteiger partial charge < -0.3 is 10.4 Å². The molecular weight excluding hydrogens is 296 g/mol. The van der Waals surface area contributed by atoms with E-state index in [1.165, 1.54) is 11.8 Å². The lowest BCUT2D eigenvalue weighted by Gasteiger charge is -2.26. The number of carbonyl (C=O) groups excluding carboxylic acids is 1. The predicted octanol–water partition coefficient (Wildman–Crippen LogP) is 2.94. The van der Waals surface area contributed by atoms with Gasteiger partial charge in [0.2, 0.25) is 5.91 Å². The number of thiazole rings is 1. The first kappa shape index (κ1) is 17.0. The van der Waals surface area contributed by atoms with Gasteiger partial charge in [-0.05, 0) is 34.1 Å². The number of nitrogens with zero attached hydrogens (tertiary/aromatic N) is 1. The largest absolute Gasteiger partial charge is 0.477 e. The number of aromatic nitrogens is 1. The Kier molecular flexibility index (Phi) is 5.59. The lowest BCUT2D eigenvalue weighted by Crippen LogP contribution is -2.46. The van der Waals surface area contributed by atoms with Crippen molar-refractivity contribution in [2.24, 2.45) is 0 Å². The van der Waals surface area contributed by atoms with Gasteiger partial charge in [-0.15, -0.1) is 11.3 Å². The average Bonchev–Trinajstić information content (AvgIpc) is 2.69. The summed E-state index contributed by atoms with van der Waals surface area (Å²) < 4.78 is 0.608. The van der Waals surface area contributed by atoms with Crippen LogP contribution in [0.5, 0.6) is 0 Å². The minimum atomic E-state index is -0.976. The van der Waals surface area contributed by atoms with E-state index in [1.54, 1.807) is 13.8 Å². The van der Waals surface area contributed by atoms with Gasteiger partial charge in [0, 0.05) is 5.54 Å². The maximum absolute atomic E-state index is 12.1. The third kappa shape index (κ3) is 4.49. The summed E-state index contributed by atoms with van der Waals surface area (Å²) in [6.07, 6.45) is 0.843. The fraction of sp³-hybridized carbons (Fsp3) is 0.615. The average molecular weight is 316 g/mol. The van der Waals surface area contributed by atoms with Crippen LogP contribution in [0.1, 0.15) is 49.5 Å². The van der Waals surface area contributed by atoms with E-state index in [4.69, 9.17) is 5.11 Å². The smallest absolute Gasteiger partial charge is 0.347 e. The van der Waals surface area contributed by atoms with Crippen molar-refractivity contribution in [3.05, 3.63) is 10.6 Å². The second-order valence-corrected chi connectivity index (χ2v) is 7.77. The molecule has 0 radical (unpaired) electrons. The highest BCUT2D eigenvalue weighted by Crippen LogP contribution is 2.30. The van der Waals surface area contributed by atoms with E-state index in [1.807, 2.05) is 20.8 Å². The molecule has 0 bridgehead atoms. The minimum Gasteiger partial charge on any atom is -0.477 e. The molecule has 0 aliphatic rings. The summed E-state index contributed by atoms with van der Waals surface area (Å²) in [4.78, 5) is 27.5. The van der Waals surface area contributed by atoms with Gasteiger partial charge >= 0.3 is 5.97 Å². The van der Waals surface area contributed by atoms with Crippen molar-refractivity contribution in [3.8, 4) is 0 Å². The van der Waals surface area contributed by atoms with Gasteiger partial charge in [0.05, 0.1) is 10.9 Å². The van der Waals surface area contributed by atoms with E-state index >= 15 is 0 Å². The summed E-state index contributed by atoms with van der Waals surface area (Å²) >= 11 is 2.40. The standard InChI is InChI=1S/C13H20N2O3S2/c1-6-13(4,5)15-10(16)8(3)19-12-14-7(2)9(20-12)11(17)18/h8H,6H2,1-5H3,(H,15,16)(H,17,18). The Balaban J connectivity index is 2.71. The number of carboxylic acids is 1. The highest BCUT2D eigenvalue weighted by molar-refractivity contribution is 8.02. The van der Waals surface area contributed by atoms with E-state index < -0.39 is 5.97 Å². The zero-order valence-corrected chi connectivity index (χ0v) is 13.9. The Hall–Kier alpha value is -1.08. The summed E-state index contributed by atoms with van der Waals surface area (Å²) in [5.74, 6) is -1.04. The van der Waals surface area contributed by atoms with E-state index in [9.17, 15) is 9.59 Å². The van der Waals surface area contributed by atoms with Gasteiger partial charge in [0.25, 0.3) is 0 Å². The first-order valence-corrected chi connectivity index (χ1v) is 8.05. The molecular formula is C13H20N2O3S2. The Morgan fingerprint density at radius 3 is 2.55 bits per heavy atom. The van der Waals surface area contributed by atoms with Crippen LogP contribution in [0.3, 0.4) is 0 Å². The number of aryl methyl sites for hydroxylation is 1. The van der Waals surface area contributed by atoms with Crippen LogP contribution in [0, 0.1) is 6.92 Å². The minimum absolute atomic E-state index is 0.0634. The first-order chi connectivity index (χ1) is 9.16. The molecule has 1 aromatic heterocycles. The Morgan fingerprint density at radius 2 is 2.10 bits per heavy atom. The van der Waals surface area contributed by atoms with Crippen LogP contribution in [0.15, 0.2) is 4.34 Å². The van der Waals surface area contributed by atoms with E-state index in [-0.39, 0.29) is 21.6 Å². The van der Waals surface area contributed by atoms with Gasteiger partial charge in [-0.25, -0.2) is 9.78 Å². The number of rotatable bonds is 6. The molecule has 0 aliphatic carbocycles. The zero-order valence-electron chi connectivity index (χ0n) is 12.3. The quantitative estimate of drug-likeness (QED) is 0.789. The molecule has 0 saturated carbocycles. The zero-order chi connectivity index (χ0) is 15.5. The van der Waals surface area contributed by atoms with E-state index in [0.29, 0.717) is 10.0 Å². The van der Waals surface area contributed by atoms with Gasteiger partial charge in [-0.2, -0.15) is 0 Å². The number of carbonyl (C=O) groups is 2. The number of thioether (sulfide) groups is 1. The maximum atomic E-state index is 12.1. The summed E-state index contributed by atoms with van der Waals surface area (Å²) in [6.45, 7) is 9.41. The molecule has 1 heterocycles. The summed E-state index contributed by atoms with van der Waals surface area (Å²) in [7, 11) is 0. The van der Waals surface area contributed by atoms with Crippen LogP contribution < -0.4 is 5.32 Å². The van der Waals surface area contributed by atoms with Crippen LogP contribution in [0.25, 0.3) is 0 Å². The van der Waals surface area contributed by atoms with E-state index in [0.717, 1.165) is 17.8 Å². The molecule has 112 valence electrons. The van der Waals surface area contributed by atoms with E-state index in [2.05, 4.69) is 10.3 Å². The van der Waals surface area contributed by atoms with Crippen molar-refractivity contribution >= 4 is 35.0 Å².